The van der Waals surface area contributed by atoms with Gasteiger partial charge in [-0.3, -0.25) is 0 Å². The van der Waals surface area contributed by atoms with Crippen LogP contribution in [0.5, 0.6) is 0 Å². The Bertz CT molecular complexity index is 298. The molecule has 0 spiro atoms. The molecule has 58 valence electrons. The molecule has 1 aromatic carbocycles. The van der Waals surface area contributed by atoms with Gasteiger partial charge in [0.2, 0.25) is 0 Å². The van der Waals surface area contributed by atoms with Crippen molar-refractivity contribution in [3.05, 3.63) is 29.6 Å². The van der Waals surface area contributed by atoms with Crippen LogP contribution >= 0.6 is 12.2 Å². The molecule has 4 N–H and O–H groups in total. The lowest BCUT2D eigenvalue weighted by Crippen LogP contribution is -2.12. The maximum Gasteiger partial charge on any atom is 0.156 e. The van der Waals surface area contributed by atoms with Crippen molar-refractivity contribution in [2.24, 2.45) is 5.73 Å². The summed E-state index contributed by atoms with van der Waals surface area (Å²) in [5, 5.41) is 0. The second kappa shape index (κ2) is 2.84. The van der Waals surface area contributed by atoms with Crippen LogP contribution in [0.3, 0.4) is 0 Å². The van der Waals surface area contributed by atoms with Gasteiger partial charge in [0.25, 0.3) is 0 Å². The fourth-order valence-corrected chi connectivity index (χ4v) is 0.898. The number of thiocarbonyl (C=S) groups is 1. The summed E-state index contributed by atoms with van der Waals surface area (Å²) in [6, 6.07) is 4.55. The quantitative estimate of drug-likeness (QED) is 0.489. The van der Waals surface area contributed by atoms with E-state index in [2.05, 4.69) is 12.2 Å². The minimum atomic E-state index is -0.542. The first-order chi connectivity index (χ1) is 5.13. The lowest BCUT2D eigenvalue weighted by molar-refractivity contribution is 0.630. The summed E-state index contributed by atoms with van der Waals surface area (Å²) in [5.41, 5.74) is 10.7. The molecular weight excluding hydrogens is 163 g/mol. The first-order valence-electron chi connectivity index (χ1n) is 2.96. The molecule has 0 aliphatic heterocycles. The highest BCUT2D eigenvalue weighted by Gasteiger charge is 2.06. The van der Waals surface area contributed by atoms with Crippen LogP contribution in [0.2, 0.25) is 0 Å². The van der Waals surface area contributed by atoms with Crippen LogP contribution in [0.15, 0.2) is 18.2 Å². The van der Waals surface area contributed by atoms with E-state index in [0.29, 0.717) is 0 Å². The normalized spacial score (nSPS) is 9.55. The van der Waals surface area contributed by atoms with E-state index in [4.69, 9.17) is 11.5 Å². The summed E-state index contributed by atoms with van der Waals surface area (Å²) >= 11 is 4.59. The second-order valence-electron chi connectivity index (χ2n) is 2.07. The van der Waals surface area contributed by atoms with Gasteiger partial charge in [-0.25, -0.2) is 4.39 Å². The zero-order valence-corrected chi connectivity index (χ0v) is 6.49. The summed E-state index contributed by atoms with van der Waals surface area (Å²) in [6.07, 6.45) is 0. The average molecular weight is 170 g/mol. The average Bonchev–Trinajstić information content (AvgIpc) is 1.94. The van der Waals surface area contributed by atoms with Crippen LogP contribution in [0.25, 0.3) is 0 Å². The molecule has 0 atom stereocenters. The van der Waals surface area contributed by atoms with Crippen LogP contribution in [0.4, 0.5) is 10.1 Å². The van der Waals surface area contributed by atoms with Crippen molar-refractivity contribution in [1.29, 1.82) is 0 Å². The number of hydrogen-bond donors (Lipinski definition) is 2. The van der Waals surface area contributed by atoms with Gasteiger partial charge in [0.05, 0.1) is 5.69 Å². The van der Waals surface area contributed by atoms with Gasteiger partial charge in [-0.05, 0) is 12.1 Å². The minimum absolute atomic E-state index is 0.0230. The topological polar surface area (TPSA) is 52.0 Å². The van der Waals surface area contributed by atoms with E-state index in [0.717, 1.165) is 0 Å². The highest BCUT2D eigenvalue weighted by Crippen LogP contribution is 2.13. The van der Waals surface area contributed by atoms with Crippen LogP contribution in [-0.4, -0.2) is 4.99 Å². The smallest absolute Gasteiger partial charge is 0.156 e. The summed E-state index contributed by atoms with van der Waals surface area (Å²) in [4.78, 5) is 0.0230. The van der Waals surface area contributed by atoms with E-state index in [1.165, 1.54) is 12.1 Å². The number of benzene rings is 1. The predicted octanol–water partition coefficient (Wildman–Crippen LogP) is 1.04. The molecule has 0 amide bonds. The SMILES string of the molecule is NC(=S)c1cccc(N)c1F. The van der Waals surface area contributed by atoms with Gasteiger partial charge >= 0.3 is 0 Å². The van der Waals surface area contributed by atoms with Gasteiger partial charge in [-0.1, -0.05) is 18.3 Å². The molecule has 0 unspecified atom stereocenters. The summed E-state index contributed by atoms with van der Waals surface area (Å²) in [5.74, 6) is -0.542. The molecule has 0 aromatic heterocycles. The highest BCUT2D eigenvalue weighted by atomic mass is 32.1. The molecule has 0 radical (unpaired) electrons. The van der Waals surface area contributed by atoms with Crippen LogP contribution < -0.4 is 11.5 Å². The van der Waals surface area contributed by atoms with Gasteiger partial charge < -0.3 is 11.5 Å². The van der Waals surface area contributed by atoms with Crippen LogP contribution in [-0.2, 0) is 0 Å². The predicted molar refractivity (Wildman–Crippen MR) is 46.7 cm³/mol. The van der Waals surface area contributed by atoms with Crippen molar-refractivity contribution in [3.63, 3.8) is 0 Å². The van der Waals surface area contributed by atoms with Crippen molar-refractivity contribution in [2.45, 2.75) is 0 Å². The second-order valence-corrected chi connectivity index (χ2v) is 2.51. The molecule has 0 fully saturated rings. The fraction of sp³-hybridized carbons (Fsp3) is 0. The number of nitrogen functional groups attached to an aromatic ring is 1. The van der Waals surface area contributed by atoms with Crippen LogP contribution in [0, 0.1) is 5.82 Å². The Morgan fingerprint density at radius 1 is 1.45 bits per heavy atom. The summed E-state index contributed by atoms with van der Waals surface area (Å²) in [7, 11) is 0. The van der Waals surface area contributed by atoms with E-state index in [9.17, 15) is 4.39 Å². The van der Waals surface area contributed by atoms with Gasteiger partial charge in [0.1, 0.15) is 4.99 Å². The maximum absolute atomic E-state index is 13.0. The number of nitrogens with two attached hydrogens (primary N) is 2. The lowest BCUT2D eigenvalue weighted by atomic mass is 10.2. The Balaban J connectivity index is 3.27. The minimum Gasteiger partial charge on any atom is -0.396 e. The highest BCUT2D eigenvalue weighted by molar-refractivity contribution is 7.80. The van der Waals surface area contributed by atoms with Gasteiger partial charge in [0, 0.05) is 5.56 Å². The Kier molecular flexibility index (Phi) is 2.05. The maximum atomic E-state index is 13.0. The van der Waals surface area contributed by atoms with Crippen molar-refractivity contribution < 1.29 is 4.39 Å². The molecule has 11 heavy (non-hydrogen) atoms. The Morgan fingerprint density at radius 3 is 2.55 bits per heavy atom. The molecule has 2 nitrogen and oxygen atoms in total. The van der Waals surface area contributed by atoms with Crippen molar-refractivity contribution >= 4 is 22.9 Å². The summed E-state index contributed by atoms with van der Waals surface area (Å²) < 4.78 is 13.0. The number of rotatable bonds is 1. The molecule has 1 rings (SSSR count). The zero-order valence-electron chi connectivity index (χ0n) is 5.67. The van der Waals surface area contributed by atoms with Gasteiger partial charge in [-0.2, -0.15) is 0 Å². The Labute approximate surface area is 69.0 Å². The molecule has 0 aliphatic rings. The number of anilines is 1. The standard InChI is InChI=1S/C7H7FN2S/c8-6-4(7(10)11)2-1-3-5(6)9/h1-3H,9H2,(H2,10,11). The molecule has 0 saturated heterocycles. The third-order valence-corrected chi connectivity index (χ3v) is 1.51. The van der Waals surface area contributed by atoms with E-state index in [1.54, 1.807) is 6.07 Å². The van der Waals surface area contributed by atoms with Crippen molar-refractivity contribution in [3.8, 4) is 0 Å². The molecule has 0 saturated carbocycles. The molecular formula is C7H7FN2S. The molecule has 1 aromatic rings. The van der Waals surface area contributed by atoms with Crippen molar-refractivity contribution in [1.82, 2.24) is 0 Å². The molecule has 0 bridgehead atoms. The first kappa shape index (κ1) is 7.94. The van der Waals surface area contributed by atoms with E-state index < -0.39 is 5.82 Å². The van der Waals surface area contributed by atoms with E-state index in [-0.39, 0.29) is 16.2 Å². The summed E-state index contributed by atoms with van der Waals surface area (Å²) in [6.45, 7) is 0. The van der Waals surface area contributed by atoms with E-state index >= 15 is 0 Å². The molecule has 0 heterocycles. The Hall–Kier alpha value is -1.16. The Morgan fingerprint density at radius 2 is 2.09 bits per heavy atom. The lowest BCUT2D eigenvalue weighted by Gasteiger charge is -2.01. The molecule has 0 aliphatic carbocycles. The zero-order chi connectivity index (χ0) is 8.43. The van der Waals surface area contributed by atoms with Crippen molar-refractivity contribution in [2.75, 3.05) is 5.73 Å². The van der Waals surface area contributed by atoms with Gasteiger partial charge in [0.15, 0.2) is 5.82 Å². The van der Waals surface area contributed by atoms with Crippen LogP contribution in [0.1, 0.15) is 5.56 Å². The fourth-order valence-electron chi connectivity index (χ4n) is 0.740. The first-order valence-corrected chi connectivity index (χ1v) is 3.37. The monoisotopic (exact) mass is 170 g/mol. The number of halogens is 1. The third-order valence-electron chi connectivity index (χ3n) is 1.29. The third kappa shape index (κ3) is 1.46. The largest absolute Gasteiger partial charge is 0.396 e. The number of hydrogen-bond acceptors (Lipinski definition) is 2. The molecule has 4 heteroatoms. The van der Waals surface area contributed by atoms with E-state index in [1.807, 2.05) is 0 Å². The van der Waals surface area contributed by atoms with Gasteiger partial charge in [-0.15, -0.1) is 0 Å².